The monoisotopic (exact) mass is 301 g/mol. The van der Waals surface area contributed by atoms with Crippen molar-refractivity contribution in [2.45, 2.75) is 57.9 Å². The molecule has 2 aliphatic carbocycles. The topological polar surface area (TPSA) is 38.1 Å². The lowest BCUT2D eigenvalue weighted by Crippen LogP contribution is -2.51. The van der Waals surface area contributed by atoms with Crippen LogP contribution in [0, 0.1) is 11.8 Å². The second kappa shape index (κ2) is 6.15. The molecule has 4 heteroatoms. The number of nitrogens with zero attached hydrogens (tertiary/aromatic N) is 3. The lowest BCUT2D eigenvalue weighted by Gasteiger charge is -2.41. The SMILES string of the molecule is O=c1cc2c(nn1CC1CN(CC3CCCCC3)C1)CCC2. The molecule has 4 rings (SSSR count). The Balaban J connectivity index is 1.30. The fraction of sp³-hybridized carbons (Fsp3) is 0.778. The highest BCUT2D eigenvalue weighted by molar-refractivity contribution is 5.22. The molecule has 0 unspecified atom stereocenters. The summed E-state index contributed by atoms with van der Waals surface area (Å²) in [6.07, 6.45) is 10.4. The molecular formula is C18H27N3O. The molecule has 4 nitrogen and oxygen atoms in total. The van der Waals surface area contributed by atoms with Crippen LogP contribution >= 0.6 is 0 Å². The van der Waals surface area contributed by atoms with Gasteiger partial charge in [-0.3, -0.25) is 4.79 Å². The van der Waals surface area contributed by atoms with E-state index in [1.54, 1.807) is 4.68 Å². The molecule has 1 saturated heterocycles. The van der Waals surface area contributed by atoms with E-state index in [0.29, 0.717) is 5.92 Å². The van der Waals surface area contributed by atoms with Crippen molar-refractivity contribution in [3.05, 3.63) is 27.7 Å². The fourth-order valence-corrected chi connectivity index (χ4v) is 4.49. The van der Waals surface area contributed by atoms with E-state index >= 15 is 0 Å². The van der Waals surface area contributed by atoms with E-state index in [1.165, 1.54) is 44.2 Å². The van der Waals surface area contributed by atoms with Gasteiger partial charge < -0.3 is 4.90 Å². The summed E-state index contributed by atoms with van der Waals surface area (Å²) in [4.78, 5) is 14.7. The molecular weight excluding hydrogens is 274 g/mol. The zero-order valence-corrected chi connectivity index (χ0v) is 13.5. The molecule has 22 heavy (non-hydrogen) atoms. The van der Waals surface area contributed by atoms with Gasteiger partial charge in [-0.2, -0.15) is 5.10 Å². The summed E-state index contributed by atoms with van der Waals surface area (Å²) in [6, 6.07) is 1.83. The summed E-state index contributed by atoms with van der Waals surface area (Å²) in [6.45, 7) is 4.40. The largest absolute Gasteiger partial charge is 0.302 e. The second-order valence-electron chi connectivity index (χ2n) is 7.58. The maximum absolute atomic E-state index is 12.1. The van der Waals surface area contributed by atoms with Gasteiger partial charge in [-0.05, 0) is 43.6 Å². The van der Waals surface area contributed by atoms with E-state index in [2.05, 4.69) is 10.00 Å². The first-order chi connectivity index (χ1) is 10.8. The molecule has 1 aromatic rings. The Bertz CT molecular complexity index is 582. The first-order valence-corrected chi connectivity index (χ1v) is 9.10. The predicted octanol–water partition coefficient (Wildman–Crippen LogP) is 2.24. The summed E-state index contributed by atoms with van der Waals surface area (Å²) in [5.41, 5.74) is 2.46. The Morgan fingerprint density at radius 3 is 2.64 bits per heavy atom. The van der Waals surface area contributed by atoms with E-state index in [-0.39, 0.29) is 5.56 Å². The van der Waals surface area contributed by atoms with Gasteiger partial charge in [0.1, 0.15) is 0 Å². The van der Waals surface area contributed by atoms with Gasteiger partial charge in [0.05, 0.1) is 12.2 Å². The molecule has 0 radical (unpaired) electrons. The summed E-state index contributed by atoms with van der Waals surface area (Å²) in [7, 11) is 0. The number of rotatable bonds is 4. The minimum absolute atomic E-state index is 0.103. The zero-order chi connectivity index (χ0) is 14.9. The van der Waals surface area contributed by atoms with Gasteiger partial charge in [-0.15, -0.1) is 0 Å². The van der Waals surface area contributed by atoms with Crippen LogP contribution in [0.2, 0.25) is 0 Å². The van der Waals surface area contributed by atoms with Crippen LogP contribution in [0.5, 0.6) is 0 Å². The maximum Gasteiger partial charge on any atom is 0.267 e. The van der Waals surface area contributed by atoms with Gasteiger partial charge in [-0.25, -0.2) is 4.68 Å². The molecule has 2 heterocycles. The van der Waals surface area contributed by atoms with Gasteiger partial charge in [0.15, 0.2) is 0 Å². The van der Waals surface area contributed by atoms with Crippen molar-refractivity contribution < 1.29 is 0 Å². The van der Waals surface area contributed by atoms with Crippen LogP contribution in [-0.4, -0.2) is 34.3 Å². The lowest BCUT2D eigenvalue weighted by molar-refractivity contribution is 0.0602. The summed E-state index contributed by atoms with van der Waals surface area (Å²) < 4.78 is 1.73. The van der Waals surface area contributed by atoms with Crippen molar-refractivity contribution in [3.8, 4) is 0 Å². The summed E-state index contributed by atoms with van der Waals surface area (Å²) >= 11 is 0. The molecule has 120 valence electrons. The van der Waals surface area contributed by atoms with Gasteiger partial charge in [0, 0.05) is 31.6 Å². The van der Waals surface area contributed by atoms with Crippen LogP contribution in [0.3, 0.4) is 0 Å². The zero-order valence-electron chi connectivity index (χ0n) is 13.5. The Morgan fingerprint density at radius 2 is 1.82 bits per heavy atom. The highest BCUT2D eigenvalue weighted by Crippen LogP contribution is 2.27. The van der Waals surface area contributed by atoms with Gasteiger partial charge in [0.25, 0.3) is 5.56 Å². The number of aryl methyl sites for hydroxylation is 2. The fourth-order valence-electron chi connectivity index (χ4n) is 4.49. The van der Waals surface area contributed by atoms with Crippen LogP contribution in [0.4, 0.5) is 0 Å². The normalized spacial score (nSPS) is 23.5. The third-order valence-electron chi connectivity index (χ3n) is 5.73. The Morgan fingerprint density at radius 1 is 1.00 bits per heavy atom. The van der Waals surface area contributed by atoms with Crippen LogP contribution < -0.4 is 5.56 Å². The smallest absolute Gasteiger partial charge is 0.267 e. The molecule has 0 atom stereocenters. The summed E-state index contributed by atoms with van der Waals surface area (Å²) in [5.74, 6) is 1.55. The van der Waals surface area contributed by atoms with Crippen molar-refractivity contribution in [2.75, 3.05) is 19.6 Å². The number of likely N-dealkylation sites (tertiary alicyclic amines) is 1. The van der Waals surface area contributed by atoms with Crippen molar-refractivity contribution in [2.24, 2.45) is 11.8 Å². The van der Waals surface area contributed by atoms with Crippen molar-refractivity contribution in [1.82, 2.24) is 14.7 Å². The summed E-state index contributed by atoms with van der Waals surface area (Å²) in [5, 5.41) is 4.60. The standard InChI is InChI=1S/C18H27N3O/c22-18-9-16-7-4-8-17(16)19-21(18)13-15-11-20(12-15)10-14-5-2-1-3-6-14/h9,14-15H,1-8,10-13H2. The number of hydrogen-bond acceptors (Lipinski definition) is 3. The Kier molecular flexibility index (Phi) is 4.03. The van der Waals surface area contributed by atoms with Crippen molar-refractivity contribution in [1.29, 1.82) is 0 Å². The molecule has 3 aliphatic rings. The van der Waals surface area contributed by atoms with Crippen molar-refractivity contribution in [3.63, 3.8) is 0 Å². The molecule has 1 aliphatic heterocycles. The number of aromatic nitrogens is 2. The molecule has 0 spiro atoms. The van der Waals surface area contributed by atoms with E-state index < -0.39 is 0 Å². The molecule has 0 aromatic carbocycles. The minimum atomic E-state index is 0.103. The maximum atomic E-state index is 12.1. The predicted molar refractivity (Wildman–Crippen MR) is 87.0 cm³/mol. The lowest BCUT2D eigenvalue weighted by atomic mass is 9.87. The van der Waals surface area contributed by atoms with Gasteiger partial charge in [0.2, 0.25) is 0 Å². The van der Waals surface area contributed by atoms with Gasteiger partial charge >= 0.3 is 0 Å². The molecule has 0 amide bonds. The average molecular weight is 301 g/mol. The third kappa shape index (κ3) is 2.98. The number of fused-ring (bicyclic) bond motifs is 1. The highest BCUT2D eigenvalue weighted by atomic mass is 16.1. The van der Waals surface area contributed by atoms with Crippen LogP contribution in [0.25, 0.3) is 0 Å². The molecule has 1 aromatic heterocycles. The van der Waals surface area contributed by atoms with Gasteiger partial charge in [-0.1, -0.05) is 19.3 Å². The molecule has 1 saturated carbocycles. The van der Waals surface area contributed by atoms with Crippen LogP contribution in [0.15, 0.2) is 10.9 Å². The van der Waals surface area contributed by atoms with Crippen LogP contribution in [0.1, 0.15) is 49.8 Å². The average Bonchev–Trinajstić information content (AvgIpc) is 2.93. The molecule has 2 fully saturated rings. The number of hydrogen-bond donors (Lipinski definition) is 0. The first kappa shape index (κ1) is 14.4. The van der Waals surface area contributed by atoms with E-state index in [9.17, 15) is 4.79 Å². The van der Waals surface area contributed by atoms with E-state index in [1.807, 2.05) is 6.07 Å². The quantitative estimate of drug-likeness (QED) is 0.856. The Labute approximate surface area is 132 Å². The third-order valence-corrected chi connectivity index (χ3v) is 5.73. The second-order valence-corrected chi connectivity index (χ2v) is 7.58. The van der Waals surface area contributed by atoms with Crippen molar-refractivity contribution >= 4 is 0 Å². The molecule has 0 N–H and O–H groups in total. The van der Waals surface area contributed by atoms with E-state index in [0.717, 1.165) is 50.5 Å². The molecule has 0 bridgehead atoms. The van der Waals surface area contributed by atoms with Crippen LogP contribution in [-0.2, 0) is 19.4 Å². The highest BCUT2D eigenvalue weighted by Gasteiger charge is 2.30. The minimum Gasteiger partial charge on any atom is -0.302 e. The first-order valence-electron chi connectivity index (χ1n) is 9.10. The Hall–Kier alpha value is -1.16. The van der Waals surface area contributed by atoms with E-state index in [4.69, 9.17) is 0 Å².